The van der Waals surface area contributed by atoms with Gasteiger partial charge in [-0.05, 0) is 46.8 Å². The van der Waals surface area contributed by atoms with E-state index in [2.05, 4.69) is 40.1 Å². The van der Waals surface area contributed by atoms with Gasteiger partial charge >= 0.3 is 0 Å². The van der Waals surface area contributed by atoms with E-state index in [0.717, 1.165) is 28.8 Å². The predicted octanol–water partition coefficient (Wildman–Crippen LogP) is 4.22. The lowest BCUT2D eigenvalue weighted by molar-refractivity contribution is 0.572. The molecule has 1 aromatic heterocycles. The number of nitrogens with one attached hydrogen (secondary N) is 1. The van der Waals surface area contributed by atoms with Gasteiger partial charge in [-0.2, -0.15) is 0 Å². The van der Waals surface area contributed by atoms with Crippen LogP contribution in [-0.4, -0.2) is 16.9 Å². The van der Waals surface area contributed by atoms with Crippen LogP contribution in [0.15, 0.2) is 16.7 Å². The van der Waals surface area contributed by atoms with Gasteiger partial charge in [0.25, 0.3) is 0 Å². The van der Waals surface area contributed by atoms with Crippen molar-refractivity contribution < 1.29 is 0 Å². The molecule has 1 rings (SSSR count). The highest BCUT2D eigenvalue weighted by Crippen LogP contribution is 2.18. The van der Waals surface area contributed by atoms with Crippen LogP contribution in [0.25, 0.3) is 0 Å². The Balaban J connectivity index is 2.48. The van der Waals surface area contributed by atoms with Gasteiger partial charge in [0, 0.05) is 17.2 Å². The Kier molecular flexibility index (Phi) is 5.56. The van der Waals surface area contributed by atoms with Crippen LogP contribution < -0.4 is 5.32 Å². The van der Waals surface area contributed by atoms with E-state index in [-0.39, 0.29) is 5.38 Å². The predicted molar refractivity (Wildman–Crippen MR) is 74.3 cm³/mol. The molecule has 0 fully saturated rings. The first kappa shape index (κ1) is 13.8. The van der Waals surface area contributed by atoms with E-state index in [1.165, 1.54) is 0 Å². The third-order valence-corrected chi connectivity index (χ3v) is 3.03. The topological polar surface area (TPSA) is 24.9 Å². The summed E-state index contributed by atoms with van der Waals surface area (Å²) in [5.74, 6) is 1.54. The van der Waals surface area contributed by atoms with Crippen molar-refractivity contribution in [3.63, 3.8) is 0 Å². The second-order valence-corrected chi connectivity index (χ2v) is 5.96. The third kappa shape index (κ3) is 4.71. The van der Waals surface area contributed by atoms with E-state index in [0.29, 0.717) is 5.92 Å². The van der Waals surface area contributed by atoms with E-state index in [1.54, 1.807) is 6.20 Å². The lowest BCUT2D eigenvalue weighted by atomic mass is 10.1. The van der Waals surface area contributed by atoms with E-state index in [1.807, 2.05) is 13.0 Å². The highest BCUT2D eigenvalue weighted by atomic mass is 79.9. The van der Waals surface area contributed by atoms with Gasteiger partial charge in [-0.1, -0.05) is 13.8 Å². The molecule has 1 unspecified atom stereocenters. The lowest BCUT2D eigenvalue weighted by Gasteiger charge is -2.14. The van der Waals surface area contributed by atoms with Crippen LogP contribution in [0, 0.1) is 12.8 Å². The summed E-state index contributed by atoms with van der Waals surface area (Å²) >= 11 is 9.60. The summed E-state index contributed by atoms with van der Waals surface area (Å²) in [6.07, 6.45) is 2.81. The number of nitrogens with zero attached hydrogens (tertiary/aromatic N) is 1. The summed E-state index contributed by atoms with van der Waals surface area (Å²) in [4.78, 5) is 4.31. The zero-order valence-corrected chi connectivity index (χ0v) is 12.3. The fraction of sp³-hybridized carbons (Fsp3) is 0.583. The third-order valence-electron chi connectivity index (χ3n) is 2.26. The molecule has 0 aromatic carbocycles. The summed E-state index contributed by atoms with van der Waals surface area (Å²) in [6.45, 7) is 7.15. The molecule has 90 valence electrons. The first-order chi connectivity index (χ1) is 7.49. The summed E-state index contributed by atoms with van der Waals surface area (Å²) in [7, 11) is 0. The van der Waals surface area contributed by atoms with E-state index in [9.17, 15) is 0 Å². The van der Waals surface area contributed by atoms with Crippen molar-refractivity contribution in [2.45, 2.75) is 32.6 Å². The Labute approximate surface area is 111 Å². The van der Waals surface area contributed by atoms with Crippen molar-refractivity contribution in [2.75, 3.05) is 11.9 Å². The molecule has 2 nitrogen and oxygen atoms in total. The number of hydrogen-bond donors (Lipinski definition) is 1. The lowest BCUT2D eigenvalue weighted by Crippen LogP contribution is -2.17. The maximum atomic E-state index is 6.21. The van der Waals surface area contributed by atoms with Gasteiger partial charge in [-0.15, -0.1) is 11.6 Å². The molecule has 1 N–H and O–H groups in total. The summed E-state index contributed by atoms with van der Waals surface area (Å²) < 4.78 is 1.00. The molecule has 1 heterocycles. The molecule has 16 heavy (non-hydrogen) atoms. The van der Waals surface area contributed by atoms with E-state index >= 15 is 0 Å². The van der Waals surface area contributed by atoms with Crippen LogP contribution in [0.2, 0.25) is 0 Å². The maximum absolute atomic E-state index is 6.21. The molecule has 0 spiro atoms. The van der Waals surface area contributed by atoms with Crippen molar-refractivity contribution in [3.05, 3.63) is 22.3 Å². The molecular weight excluding hydrogens is 288 g/mol. The van der Waals surface area contributed by atoms with E-state index < -0.39 is 0 Å². The van der Waals surface area contributed by atoms with Crippen molar-refractivity contribution in [1.82, 2.24) is 4.98 Å². The summed E-state index contributed by atoms with van der Waals surface area (Å²) in [5.41, 5.74) is 1.13. The molecule has 0 aliphatic carbocycles. The molecule has 0 radical (unpaired) electrons. The fourth-order valence-electron chi connectivity index (χ4n) is 1.53. The molecule has 0 saturated carbocycles. The van der Waals surface area contributed by atoms with Gasteiger partial charge in [0.05, 0.1) is 5.38 Å². The quantitative estimate of drug-likeness (QED) is 0.824. The van der Waals surface area contributed by atoms with Crippen LogP contribution >= 0.6 is 27.5 Å². The fourth-order valence-corrected chi connectivity index (χ4v) is 2.41. The van der Waals surface area contributed by atoms with Crippen molar-refractivity contribution in [3.8, 4) is 0 Å². The van der Waals surface area contributed by atoms with Gasteiger partial charge in [0.15, 0.2) is 0 Å². The highest BCUT2D eigenvalue weighted by Gasteiger charge is 2.08. The van der Waals surface area contributed by atoms with Gasteiger partial charge in [0.1, 0.15) is 5.82 Å². The highest BCUT2D eigenvalue weighted by molar-refractivity contribution is 9.10. The van der Waals surface area contributed by atoms with Gasteiger partial charge in [-0.3, -0.25) is 0 Å². The number of aromatic nitrogens is 1. The molecular formula is C12H18BrClN2. The largest absolute Gasteiger partial charge is 0.368 e. The Hall–Kier alpha value is -0.280. The summed E-state index contributed by atoms with van der Waals surface area (Å²) in [6, 6.07) is 2.04. The number of anilines is 1. The second kappa shape index (κ2) is 6.45. The maximum Gasteiger partial charge on any atom is 0.128 e. The van der Waals surface area contributed by atoms with Crippen LogP contribution in [0.1, 0.15) is 25.8 Å². The molecule has 0 bridgehead atoms. The van der Waals surface area contributed by atoms with Gasteiger partial charge < -0.3 is 5.32 Å². The van der Waals surface area contributed by atoms with Crippen molar-refractivity contribution >= 4 is 33.3 Å². The molecule has 1 atom stereocenters. The molecule has 0 aliphatic rings. The molecule has 0 saturated heterocycles. The zero-order valence-electron chi connectivity index (χ0n) is 9.93. The number of aryl methyl sites for hydroxylation is 1. The molecule has 1 aromatic rings. The average Bonchev–Trinajstić information content (AvgIpc) is 2.15. The minimum atomic E-state index is 0.157. The minimum absolute atomic E-state index is 0.157. The normalized spacial score (nSPS) is 12.9. The van der Waals surface area contributed by atoms with E-state index in [4.69, 9.17) is 11.6 Å². The van der Waals surface area contributed by atoms with Crippen LogP contribution in [0.5, 0.6) is 0 Å². The second-order valence-electron chi connectivity index (χ2n) is 4.43. The van der Waals surface area contributed by atoms with Crippen LogP contribution in [-0.2, 0) is 0 Å². The first-order valence-electron chi connectivity index (χ1n) is 5.49. The number of pyridine rings is 1. The molecule has 0 amide bonds. The van der Waals surface area contributed by atoms with Gasteiger partial charge in [0.2, 0.25) is 0 Å². The molecule has 0 aliphatic heterocycles. The van der Waals surface area contributed by atoms with Gasteiger partial charge in [-0.25, -0.2) is 4.98 Å². The first-order valence-corrected chi connectivity index (χ1v) is 6.72. The molecule has 4 heteroatoms. The Morgan fingerprint density at radius 3 is 2.75 bits per heavy atom. The smallest absolute Gasteiger partial charge is 0.128 e. The Bertz CT molecular complexity index is 342. The van der Waals surface area contributed by atoms with Crippen molar-refractivity contribution in [1.29, 1.82) is 0 Å². The Morgan fingerprint density at radius 2 is 2.19 bits per heavy atom. The van der Waals surface area contributed by atoms with Crippen molar-refractivity contribution in [2.24, 2.45) is 5.92 Å². The number of rotatable bonds is 5. The van der Waals surface area contributed by atoms with Crippen LogP contribution in [0.3, 0.4) is 0 Å². The zero-order chi connectivity index (χ0) is 12.1. The average molecular weight is 306 g/mol. The monoisotopic (exact) mass is 304 g/mol. The van der Waals surface area contributed by atoms with Crippen LogP contribution in [0.4, 0.5) is 5.82 Å². The minimum Gasteiger partial charge on any atom is -0.368 e. The number of hydrogen-bond acceptors (Lipinski definition) is 2. The Morgan fingerprint density at radius 1 is 1.50 bits per heavy atom. The number of halogens is 2. The number of alkyl halides is 1. The summed E-state index contributed by atoms with van der Waals surface area (Å²) in [5, 5.41) is 3.44. The standard InChI is InChI=1S/C12H18BrClN2/c1-8(2)4-11(14)7-16-12-9(3)5-10(13)6-15-12/h5-6,8,11H,4,7H2,1-3H3,(H,15,16). The SMILES string of the molecule is Cc1cc(Br)cnc1NCC(Cl)CC(C)C.